The van der Waals surface area contributed by atoms with Crippen LogP contribution < -0.4 is 11.1 Å². The second-order valence-electron chi connectivity index (χ2n) is 3.01. The van der Waals surface area contributed by atoms with E-state index in [2.05, 4.69) is 10.3 Å². The van der Waals surface area contributed by atoms with Crippen molar-refractivity contribution in [2.24, 2.45) is 5.73 Å². The zero-order chi connectivity index (χ0) is 11.1. The third kappa shape index (κ3) is 3.86. The quantitative estimate of drug-likeness (QED) is 0.659. The van der Waals surface area contributed by atoms with Crippen LogP contribution in [0.3, 0.4) is 0 Å². The predicted octanol–water partition coefficient (Wildman–Crippen LogP) is -0.823. The van der Waals surface area contributed by atoms with Gasteiger partial charge in [0, 0.05) is 18.8 Å². The van der Waals surface area contributed by atoms with Crippen LogP contribution in [0.4, 0.5) is 0 Å². The molecule has 0 fully saturated rings. The summed E-state index contributed by atoms with van der Waals surface area (Å²) in [5, 5.41) is 2.45. The zero-order valence-corrected chi connectivity index (χ0v) is 8.14. The van der Waals surface area contributed by atoms with Gasteiger partial charge in [-0.15, -0.1) is 0 Å². The Morgan fingerprint density at radius 2 is 2.47 bits per heavy atom. The minimum atomic E-state index is -0.662. The summed E-state index contributed by atoms with van der Waals surface area (Å²) in [5.41, 5.74) is 5.98. The van der Waals surface area contributed by atoms with E-state index in [1.807, 2.05) is 6.07 Å². The average molecular weight is 206 g/mol. The molecule has 1 amide bonds. The first-order chi connectivity index (χ1) is 7.26. The summed E-state index contributed by atoms with van der Waals surface area (Å²) in [4.78, 5) is 25.4. The molecule has 0 saturated carbocycles. The SMILES string of the molecule is NCC(=O)N[C@H]([C]=O)Cc1cccnc1. The summed E-state index contributed by atoms with van der Waals surface area (Å²) in [7, 11) is 0. The average Bonchev–Trinajstić information content (AvgIpc) is 2.29. The van der Waals surface area contributed by atoms with E-state index in [-0.39, 0.29) is 12.5 Å². The van der Waals surface area contributed by atoms with Gasteiger partial charge < -0.3 is 11.1 Å². The van der Waals surface area contributed by atoms with Gasteiger partial charge in [-0.2, -0.15) is 0 Å². The lowest BCUT2D eigenvalue weighted by molar-refractivity contribution is -0.120. The first kappa shape index (κ1) is 11.3. The molecule has 3 N–H and O–H groups in total. The largest absolute Gasteiger partial charge is 0.344 e. The van der Waals surface area contributed by atoms with Crippen LogP contribution in [0.15, 0.2) is 24.5 Å². The smallest absolute Gasteiger partial charge is 0.234 e. The number of nitrogens with two attached hydrogens (primary N) is 1. The molecule has 1 rings (SSSR count). The first-order valence-electron chi connectivity index (χ1n) is 4.52. The molecule has 1 heterocycles. The van der Waals surface area contributed by atoms with Crippen molar-refractivity contribution in [3.63, 3.8) is 0 Å². The van der Waals surface area contributed by atoms with Crippen LogP contribution >= 0.6 is 0 Å². The normalized spacial score (nSPS) is 11.8. The van der Waals surface area contributed by atoms with E-state index in [0.717, 1.165) is 5.56 Å². The molecule has 0 bridgehead atoms. The molecule has 5 nitrogen and oxygen atoms in total. The molecular weight excluding hydrogens is 194 g/mol. The van der Waals surface area contributed by atoms with Crippen molar-refractivity contribution in [3.8, 4) is 0 Å². The molecule has 1 atom stereocenters. The highest BCUT2D eigenvalue weighted by Crippen LogP contribution is 1.99. The molecule has 1 aromatic heterocycles. The summed E-state index contributed by atoms with van der Waals surface area (Å²) in [6, 6.07) is 2.93. The van der Waals surface area contributed by atoms with Crippen LogP contribution in [-0.4, -0.2) is 29.8 Å². The molecule has 0 aliphatic heterocycles. The Labute approximate surface area is 87.7 Å². The third-order valence-electron chi connectivity index (χ3n) is 1.83. The van der Waals surface area contributed by atoms with E-state index in [1.54, 1.807) is 24.7 Å². The van der Waals surface area contributed by atoms with Gasteiger partial charge in [-0.25, -0.2) is 0 Å². The molecular formula is C10H12N3O2. The van der Waals surface area contributed by atoms with Gasteiger partial charge in [0.15, 0.2) is 0 Å². The molecule has 5 heteroatoms. The Bertz CT molecular complexity index is 327. The number of aromatic nitrogens is 1. The Morgan fingerprint density at radius 3 is 3.00 bits per heavy atom. The fourth-order valence-corrected chi connectivity index (χ4v) is 1.13. The lowest BCUT2D eigenvalue weighted by atomic mass is 10.1. The van der Waals surface area contributed by atoms with Crippen molar-refractivity contribution in [1.29, 1.82) is 0 Å². The summed E-state index contributed by atoms with van der Waals surface area (Å²) < 4.78 is 0. The van der Waals surface area contributed by atoms with Gasteiger partial charge in [-0.1, -0.05) is 6.07 Å². The van der Waals surface area contributed by atoms with E-state index in [0.29, 0.717) is 6.42 Å². The minimum Gasteiger partial charge on any atom is -0.344 e. The molecule has 0 aromatic carbocycles. The second-order valence-corrected chi connectivity index (χ2v) is 3.01. The zero-order valence-electron chi connectivity index (χ0n) is 8.14. The van der Waals surface area contributed by atoms with Gasteiger partial charge >= 0.3 is 0 Å². The summed E-state index contributed by atoms with van der Waals surface area (Å²) in [6.45, 7) is -0.134. The monoisotopic (exact) mass is 206 g/mol. The number of amides is 1. The molecule has 0 saturated heterocycles. The number of hydrogen-bond donors (Lipinski definition) is 2. The topological polar surface area (TPSA) is 85.1 Å². The van der Waals surface area contributed by atoms with Crippen molar-refractivity contribution in [2.45, 2.75) is 12.5 Å². The van der Waals surface area contributed by atoms with Crippen LogP contribution in [0.2, 0.25) is 0 Å². The highest BCUT2D eigenvalue weighted by atomic mass is 16.2. The molecule has 15 heavy (non-hydrogen) atoms. The van der Waals surface area contributed by atoms with Crippen LogP contribution in [0.1, 0.15) is 5.56 Å². The number of nitrogens with one attached hydrogen (secondary N) is 1. The highest BCUT2D eigenvalue weighted by molar-refractivity contribution is 5.81. The molecule has 0 spiro atoms. The minimum absolute atomic E-state index is 0.134. The number of carbonyl (C=O) groups is 1. The van der Waals surface area contributed by atoms with Crippen molar-refractivity contribution in [1.82, 2.24) is 10.3 Å². The number of rotatable bonds is 5. The standard InChI is InChI=1S/C10H12N3O2/c11-5-10(15)13-9(7-14)4-8-2-1-3-12-6-8/h1-3,6,9H,4-5,11H2,(H,13,15)/t9-/m0/s1. The van der Waals surface area contributed by atoms with Gasteiger partial charge in [-0.05, 0) is 11.6 Å². The fourth-order valence-electron chi connectivity index (χ4n) is 1.13. The van der Waals surface area contributed by atoms with Crippen LogP contribution in [0, 0.1) is 0 Å². The van der Waals surface area contributed by atoms with Gasteiger partial charge in [0.25, 0.3) is 0 Å². The lowest BCUT2D eigenvalue weighted by Gasteiger charge is -2.10. The van der Waals surface area contributed by atoms with Gasteiger partial charge in [0.2, 0.25) is 12.2 Å². The summed E-state index contributed by atoms with van der Waals surface area (Å²) in [6.07, 6.45) is 5.41. The van der Waals surface area contributed by atoms with E-state index in [4.69, 9.17) is 5.73 Å². The van der Waals surface area contributed by atoms with Crippen LogP contribution in [-0.2, 0) is 16.0 Å². The molecule has 79 valence electrons. The van der Waals surface area contributed by atoms with Crippen LogP contribution in [0.5, 0.6) is 0 Å². The van der Waals surface area contributed by atoms with Crippen molar-refractivity contribution < 1.29 is 9.59 Å². The second kappa shape index (κ2) is 5.87. The molecule has 1 radical (unpaired) electrons. The predicted molar refractivity (Wildman–Crippen MR) is 54.6 cm³/mol. The van der Waals surface area contributed by atoms with Gasteiger partial charge in [-0.3, -0.25) is 14.6 Å². The van der Waals surface area contributed by atoms with Crippen molar-refractivity contribution in [3.05, 3.63) is 30.1 Å². The Morgan fingerprint density at radius 1 is 1.67 bits per heavy atom. The maximum atomic E-state index is 10.9. The maximum absolute atomic E-state index is 10.9. The van der Waals surface area contributed by atoms with E-state index in [1.165, 1.54) is 0 Å². The van der Waals surface area contributed by atoms with E-state index in [9.17, 15) is 9.59 Å². The third-order valence-corrected chi connectivity index (χ3v) is 1.83. The summed E-state index contributed by atoms with van der Waals surface area (Å²) >= 11 is 0. The maximum Gasteiger partial charge on any atom is 0.234 e. The number of hydrogen-bond acceptors (Lipinski definition) is 4. The van der Waals surface area contributed by atoms with E-state index >= 15 is 0 Å². The number of nitrogens with zero attached hydrogens (tertiary/aromatic N) is 1. The highest BCUT2D eigenvalue weighted by Gasteiger charge is 2.11. The molecule has 0 aliphatic carbocycles. The Balaban J connectivity index is 2.54. The Kier molecular flexibility index (Phi) is 4.43. The molecule has 1 aromatic rings. The van der Waals surface area contributed by atoms with Crippen molar-refractivity contribution in [2.75, 3.05) is 6.54 Å². The molecule has 0 unspecified atom stereocenters. The van der Waals surface area contributed by atoms with Crippen LogP contribution in [0.25, 0.3) is 0 Å². The summed E-state index contributed by atoms with van der Waals surface area (Å²) in [5.74, 6) is -0.368. The van der Waals surface area contributed by atoms with Crippen molar-refractivity contribution >= 4 is 12.2 Å². The number of carbonyl (C=O) groups excluding carboxylic acids is 2. The molecule has 0 aliphatic rings. The Hall–Kier alpha value is -1.75. The number of pyridine rings is 1. The lowest BCUT2D eigenvalue weighted by Crippen LogP contribution is -2.40. The van der Waals surface area contributed by atoms with Gasteiger partial charge in [0.1, 0.15) is 0 Å². The fraction of sp³-hybridized carbons (Fsp3) is 0.300. The first-order valence-corrected chi connectivity index (χ1v) is 4.52. The van der Waals surface area contributed by atoms with E-state index < -0.39 is 6.04 Å². The van der Waals surface area contributed by atoms with Gasteiger partial charge in [0.05, 0.1) is 12.6 Å².